The molecule has 0 aromatic rings. The number of ether oxygens (including phenoxy) is 1. The van der Waals surface area contributed by atoms with Gasteiger partial charge in [0.15, 0.2) is 0 Å². The van der Waals surface area contributed by atoms with Crippen molar-refractivity contribution in [3.8, 4) is 0 Å². The van der Waals surface area contributed by atoms with Crippen molar-refractivity contribution in [2.45, 2.75) is 25.3 Å². The molecule has 0 bridgehead atoms. The topological polar surface area (TPSA) is 38.3 Å². The second kappa shape index (κ2) is 4.14. The smallest absolute Gasteiger partial charge is 0.323 e. The Hall–Kier alpha value is -0.220. The number of esters is 1. The number of rotatable bonds is 2. The summed E-state index contributed by atoms with van der Waals surface area (Å²) in [6.07, 6.45) is 0. The highest BCUT2D eigenvalue weighted by Crippen LogP contribution is 2.24. The van der Waals surface area contributed by atoms with Crippen LogP contribution in [0.4, 0.5) is 0 Å². The van der Waals surface area contributed by atoms with Crippen LogP contribution in [0, 0.1) is 5.92 Å². The zero-order valence-corrected chi connectivity index (χ0v) is 8.48. The number of carbonyl (C=O) groups is 1. The van der Waals surface area contributed by atoms with Crippen LogP contribution < -0.4 is 5.32 Å². The van der Waals surface area contributed by atoms with Crippen molar-refractivity contribution in [2.24, 2.45) is 5.92 Å². The van der Waals surface area contributed by atoms with E-state index >= 15 is 0 Å². The van der Waals surface area contributed by atoms with Crippen LogP contribution in [0.15, 0.2) is 0 Å². The lowest BCUT2D eigenvalue weighted by Crippen LogP contribution is -2.39. The number of carbonyl (C=O) groups excluding carboxylic acids is 1. The first-order chi connectivity index (χ1) is 5.65. The Kier molecular flexibility index (Phi) is 3.40. The minimum atomic E-state index is -0.148. The second-order valence-electron chi connectivity index (χ2n) is 3.24. The van der Waals surface area contributed by atoms with Crippen molar-refractivity contribution in [2.75, 3.05) is 12.9 Å². The van der Waals surface area contributed by atoms with Gasteiger partial charge in [0.1, 0.15) is 6.04 Å². The SMILES string of the molecule is COC(=O)[C@@H]1CSC(C(C)C)N1. The Morgan fingerprint density at radius 3 is 2.75 bits per heavy atom. The summed E-state index contributed by atoms with van der Waals surface area (Å²) in [5, 5.41) is 3.63. The summed E-state index contributed by atoms with van der Waals surface area (Å²) < 4.78 is 4.65. The van der Waals surface area contributed by atoms with Crippen LogP contribution in [0.1, 0.15) is 13.8 Å². The fourth-order valence-corrected chi connectivity index (χ4v) is 2.44. The van der Waals surface area contributed by atoms with Crippen molar-refractivity contribution in [3.63, 3.8) is 0 Å². The van der Waals surface area contributed by atoms with Crippen LogP contribution in [0.25, 0.3) is 0 Å². The first kappa shape index (κ1) is 9.86. The van der Waals surface area contributed by atoms with Gasteiger partial charge in [-0.3, -0.25) is 10.1 Å². The average molecular weight is 189 g/mol. The Bertz CT molecular complexity index is 172. The molecular weight excluding hydrogens is 174 g/mol. The highest BCUT2D eigenvalue weighted by atomic mass is 32.2. The maximum atomic E-state index is 11.1. The zero-order valence-electron chi connectivity index (χ0n) is 7.66. The van der Waals surface area contributed by atoms with Gasteiger partial charge in [-0.05, 0) is 5.92 Å². The first-order valence-electron chi connectivity index (χ1n) is 4.10. The third-order valence-corrected chi connectivity index (χ3v) is 3.46. The first-order valence-corrected chi connectivity index (χ1v) is 5.15. The molecule has 0 aliphatic carbocycles. The van der Waals surface area contributed by atoms with E-state index in [1.54, 1.807) is 11.8 Å². The molecule has 2 atom stereocenters. The molecule has 0 radical (unpaired) electrons. The van der Waals surface area contributed by atoms with Gasteiger partial charge in [0, 0.05) is 5.75 Å². The highest BCUT2D eigenvalue weighted by Gasteiger charge is 2.31. The molecule has 0 saturated carbocycles. The number of methoxy groups -OCH3 is 1. The lowest BCUT2D eigenvalue weighted by molar-refractivity contribution is -0.142. The Balaban J connectivity index is 2.40. The normalized spacial score (nSPS) is 29.3. The Morgan fingerprint density at radius 1 is 1.67 bits per heavy atom. The predicted molar refractivity (Wildman–Crippen MR) is 50.0 cm³/mol. The summed E-state index contributed by atoms with van der Waals surface area (Å²) in [5.41, 5.74) is 0. The van der Waals surface area contributed by atoms with E-state index in [0.717, 1.165) is 5.75 Å². The van der Waals surface area contributed by atoms with Crippen LogP contribution >= 0.6 is 11.8 Å². The van der Waals surface area contributed by atoms with Gasteiger partial charge in [0.05, 0.1) is 12.5 Å². The Labute approximate surface area is 77.2 Å². The number of hydrogen-bond donors (Lipinski definition) is 1. The fourth-order valence-electron chi connectivity index (χ4n) is 1.16. The number of hydrogen-bond acceptors (Lipinski definition) is 4. The molecular formula is C8H15NO2S. The standard InChI is InChI=1S/C8H15NO2S/c1-5(2)7-9-6(4-12-7)8(10)11-3/h5-7,9H,4H2,1-3H3/t6-,7?/m0/s1. The summed E-state index contributed by atoms with van der Waals surface area (Å²) in [5.74, 6) is 1.24. The second-order valence-corrected chi connectivity index (χ2v) is 4.41. The van der Waals surface area contributed by atoms with Gasteiger partial charge in [-0.1, -0.05) is 13.8 Å². The highest BCUT2D eigenvalue weighted by molar-refractivity contribution is 8.00. The fraction of sp³-hybridized carbons (Fsp3) is 0.875. The maximum absolute atomic E-state index is 11.1. The van der Waals surface area contributed by atoms with Gasteiger partial charge in [0.2, 0.25) is 0 Å². The van der Waals surface area contributed by atoms with Crippen molar-refractivity contribution in [1.29, 1.82) is 0 Å². The van der Waals surface area contributed by atoms with Gasteiger partial charge in [-0.25, -0.2) is 0 Å². The summed E-state index contributed by atoms with van der Waals surface area (Å²) in [6, 6.07) is -0.104. The molecule has 12 heavy (non-hydrogen) atoms. The van der Waals surface area contributed by atoms with Crippen molar-refractivity contribution >= 4 is 17.7 Å². The van der Waals surface area contributed by atoms with Gasteiger partial charge in [0.25, 0.3) is 0 Å². The van der Waals surface area contributed by atoms with Gasteiger partial charge in [-0.15, -0.1) is 11.8 Å². The van der Waals surface area contributed by atoms with E-state index in [1.807, 2.05) is 0 Å². The molecule has 70 valence electrons. The minimum Gasteiger partial charge on any atom is -0.468 e. The molecule has 0 aromatic carbocycles. The lowest BCUT2D eigenvalue weighted by atomic mass is 10.2. The third kappa shape index (κ3) is 2.14. The van der Waals surface area contributed by atoms with E-state index in [9.17, 15) is 4.79 Å². The monoisotopic (exact) mass is 189 g/mol. The molecule has 1 unspecified atom stereocenters. The minimum absolute atomic E-state index is 0.104. The molecule has 1 aliphatic rings. The van der Waals surface area contributed by atoms with Crippen molar-refractivity contribution in [3.05, 3.63) is 0 Å². The van der Waals surface area contributed by atoms with E-state index in [2.05, 4.69) is 23.9 Å². The quantitative estimate of drug-likeness (QED) is 0.653. The van der Waals surface area contributed by atoms with Crippen LogP contribution in [0.5, 0.6) is 0 Å². The summed E-state index contributed by atoms with van der Waals surface area (Å²) >= 11 is 1.79. The Morgan fingerprint density at radius 2 is 2.33 bits per heavy atom. The van der Waals surface area contributed by atoms with E-state index in [1.165, 1.54) is 7.11 Å². The van der Waals surface area contributed by atoms with E-state index in [-0.39, 0.29) is 12.0 Å². The van der Waals surface area contributed by atoms with E-state index in [4.69, 9.17) is 0 Å². The van der Waals surface area contributed by atoms with Crippen LogP contribution in [-0.4, -0.2) is 30.2 Å². The molecule has 3 nitrogen and oxygen atoms in total. The molecule has 0 amide bonds. The molecule has 1 rings (SSSR count). The van der Waals surface area contributed by atoms with E-state index in [0.29, 0.717) is 11.3 Å². The molecule has 1 N–H and O–H groups in total. The number of nitrogens with one attached hydrogen (secondary N) is 1. The molecule has 1 saturated heterocycles. The lowest BCUT2D eigenvalue weighted by Gasteiger charge is -2.14. The zero-order chi connectivity index (χ0) is 9.14. The molecule has 0 aromatic heterocycles. The van der Waals surface area contributed by atoms with Crippen LogP contribution in [0.2, 0.25) is 0 Å². The maximum Gasteiger partial charge on any atom is 0.323 e. The van der Waals surface area contributed by atoms with Crippen LogP contribution in [0.3, 0.4) is 0 Å². The van der Waals surface area contributed by atoms with Gasteiger partial charge >= 0.3 is 5.97 Å². The molecule has 1 heterocycles. The van der Waals surface area contributed by atoms with Crippen molar-refractivity contribution in [1.82, 2.24) is 5.32 Å². The number of thioether (sulfide) groups is 1. The van der Waals surface area contributed by atoms with Crippen molar-refractivity contribution < 1.29 is 9.53 Å². The largest absolute Gasteiger partial charge is 0.468 e. The summed E-state index contributed by atoms with van der Waals surface area (Å²) in [4.78, 5) is 11.1. The van der Waals surface area contributed by atoms with Gasteiger partial charge in [-0.2, -0.15) is 0 Å². The summed E-state index contributed by atoms with van der Waals surface area (Å²) in [7, 11) is 1.43. The van der Waals surface area contributed by atoms with E-state index < -0.39 is 0 Å². The third-order valence-electron chi connectivity index (χ3n) is 1.90. The molecule has 1 aliphatic heterocycles. The molecule has 0 spiro atoms. The molecule has 1 fully saturated rings. The molecule has 4 heteroatoms. The predicted octanol–water partition coefficient (Wildman–Crippen LogP) is 0.846. The average Bonchev–Trinajstić information content (AvgIpc) is 2.51. The van der Waals surface area contributed by atoms with Gasteiger partial charge < -0.3 is 4.74 Å². The van der Waals surface area contributed by atoms with Crippen LogP contribution in [-0.2, 0) is 9.53 Å². The summed E-state index contributed by atoms with van der Waals surface area (Å²) in [6.45, 7) is 4.29.